The zero-order valence-electron chi connectivity index (χ0n) is 12.1. The van der Waals surface area contributed by atoms with Crippen LogP contribution in [-0.2, 0) is 16.0 Å². The maximum absolute atomic E-state index is 11.8. The second kappa shape index (κ2) is 7.98. The molecule has 1 atom stereocenters. The van der Waals surface area contributed by atoms with Gasteiger partial charge >= 0.3 is 0 Å². The van der Waals surface area contributed by atoms with Crippen molar-refractivity contribution in [1.82, 2.24) is 10.6 Å². The minimum absolute atomic E-state index is 0.0218. The van der Waals surface area contributed by atoms with Crippen LogP contribution in [0.2, 0.25) is 0 Å². The molecule has 2 amide bonds. The Kier molecular flexibility index (Phi) is 6.32. The molecule has 0 radical (unpaired) electrons. The van der Waals surface area contributed by atoms with Gasteiger partial charge in [0.1, 0.15) is 6.04 Å². The fourth-order valence-electron chi connectivity index (χ4n) is 1.68. The van der Waals surface area contributed by atoms with Crippen molar-refractivity contribution in [1.29, 1.82) is 0 Å². The summed E-state index contributed by atoms with van der Waals surface area (Å²) in [6, 6.07) is 5.14. The van der Waals surface area contributed by atoms with Gasteiger partial charge in [0, 0.05) is 18.7 Å². The number of benzene rings is 1. The van der Waals surface area contributed by atoms with E-state index in [1.807, 2.05) is 6.92 Å². The van der Waals surface area contributed by atoms with Crippen molar-refractivity contribution >= 4 is 17.5 Å². The normalized spacial score (nSPS) is 11.5. The van der Waals surface area contributed by atoms with Crippen LogP contribution in [0.1, 0.15) is 25.8 Å². The summed E-state index contributed by atoms with van der Waals surface area (Å²) in [5, 5.41) is 15.8. The number of nitrogens with one attached hydrogen (secondary N) is 2. The second-order valence-electron chi connectivity index (χ2n) is 4.68. The van der Waals surface area contributed by atoms with Crippen molar-refractivity contribution in [3.63, 3.8) is 0 Å². The number of hydrogen-bond acceptors (Lipinski definition) is 4. The van der Waals surface area contributed by atoms with Gasteiger partial charge in [-0.05, 0) is 18.9 Å². The number of nitro benzene ring substituents is 1. The van der Waals surface area contributed by atoms with E-state index < -0.39 is 11.0 Å². The van der Waals surface area contributed by atoms with E-state index in [0.29, 0.717) is 12.1 Å². The molecule has 1 aromatic carbocycles. The highest BCUT2D eigenvalue weighted by molar-refractivity contribution is 5.88. The zero-order chi connectivity index (χ0) is 15.8. The Bertz CT molecular complexity index is 513. The van der Waals surface area contributed by atoms with Crippen LogP contribution in [0, 0.1) is 10.1 Å². The van der Waals surface area contributed by atoms with E-state index in [0.717, 1.165) is 6.42 Å². The predicted octanol–water partition coefficient (Wildman–Crippen LogP) is 1.17. The van der Waals surface area contributed by atoms with Gasteiger partial charge in [-0.3, -0.25) is 19.7 Å². The summed E-state index contributed by atoms with van der Waals surface area (Å²) in [4.78, 5) is 33.4. The van der Waals surface area contributed by atoms with Gasteiger partial charge in [0.05, 0.1) is 11.3 Å². The van der Waals surface area contributed by atoms with Crippen molar-refractivity contribution in [2.45, 2.75) is 32.7 Å². The lowest BCUT2D eigenvalue weighted by Crippen LogP contribution is -2.45. The van der Waals surface area contributed by atoms with E-state index in [-0.39, 0.29) is 23.9 Å². The van der Waals surface area contributed by atoms with Gasteiger partial charge in [0.15, 0.2) is 0 Å². The molecule has 1 aromatic rings. The maximum atomic E-state index is 11.8. The summed E-state index contributed by atoms with van der Waals surface area (Å²) >= 11 is 0. The molecule has 0 aliphatic carbocycles. The van der Waals surface area contributed by atoms with Gasteiger partial charge in [0.25, 0.3) is 5.69 Å². The Morgan fingerprint density at radius 3 is 2.43 bits per heavy atom. The monoisotopic (exact) mass is 293 g/mol. The molecule has 0 fully saturated rings. The number of non-ortho nitro benzene ring substituents is 1. The fourth-order valence-corrected chi connectivity index (χ4v) is 1.68. The first kappa shape index (κ1) is 16.6. The van der Waals surface area contributed by atoms with Crippen LogP contribution >= 0.6 is 0 Å². The smallest absolute Gasteiger partial charge is 0.269 e. The summed E-state index contributed by atoms with van der Waals surface area (Å²) in [6.07, 6.45) is 0.901. The first-order valence-electron chi connectivity index (χ1n) is 6.74. The number of amides is 2. The van der Waals surface area contributed by atoms with Crippen LogP contribution in [0.25, 0.3) is 0 Å². The van der Waals surface area contributed by atoms with Gasteiger partial charge < -0.3 is 10.6 Å². The third-order valence-corrected chi connectivity index (χ3v) is 2.83. The number of rotatable bonds is 7. The molecule has 1 rings (SSSR count). The van der Waals surface area contributed by atoms with E-state index in [2.05, 4.69) is 10.6 Å². The molecule has 114 valence electrons. The lowest BCUT2D eigenvalue weighted by molar-refractivity contribution is -0.384. The van der Waals surface area contributed by atoms with E-state index in [1.165, 1.54) is 24.3 Å². The van der Waals surface area contributed by atoms with Gasteiger partial charge in [-0.1, -0.05) is 19.1 Å². The Hall–Kier alpha value is -2.44. The molecule has 0 aliphatic heterocycles. The molecule has 0 aliphatic rings. The van der Waals surface area contributed by atoms with Crippen LogP contribution in [-0.4, -0.2) is 29.3 Å². The summed E-state index contributed by atoms with van der Waals surface area (Å²) in [5.74, 6) is -0.531. The van der Waals surface area contributed by atoms with Crippen molar-refractivity contribution in [2.75, 3.05) is 6.54 Å². The third kappa shape index (κ3) is 5.60. The van der Waals surface area contributed by atoms with Crippen LogP contribution in [0.5, 0.6) is 0 Å². The highest BCUT2D eigenvalue weighted by Crippen LogP contribution is 2.12. The van der Waals surface area contributed by atoms with E-state index in [9.17, 15) is 19.7 Å². The number of carbonyl (C=O) groups is 2. The van der Waals surface area contributed by atoms with E-state index >= 15 is 0 Å². The van der Waals surface area contributed by atoms with Gasteiger partial charge in [0.2, 0.25) is 11.8 Å². The summed E-state index contributed by atoms with van der Waals surface area (Å²) < 4.78 is 0. The molecule has 21 heavy (non-hydrogen) atoms. The fraction of sp³-hybridized carbons (Fsp3) is 0.429. The van der Waals surface area contributed by atoms with E-state index in [1.54, 1.807) is 6.92 Å². The molecule has 0 saturated carbocycles. The SMILES string of the molecule is CCCNC(=O)[C@H](C)NC(=O)Cc1ccc([N+](=O)[O-])cc1. The predicted molar refractivity (Wildman–Crippen MR) is 77.7 cm³/mol. The van der Waals surface area contributed by atoms with Crippen LogP contribution < -0.4 is 10.6 Å². The first-order valence-corrected chi connectivity index (χ1v) is 6.74. The second-order valence-corrected chi connectivity index (χ2v) is 4.68. The lowest BCUT2D eigenvalue weighted by Gasteiger charge is -2.13. The quantitative estimate of drug-likeness (QED) is 0.582. The number of carbonyl (C=O) groups excluding carboxylic acids is 2. The van der Waals surface area contributed by atoms with Crippen LogP contribution in [0.15, 0.2) is 24.3 Å². The summed E-state index contributed by atoms with van der Waals surface area (Å²) in [6.45, 7) is 4.12. The minimum Gasteiger partial charge on any atom is -0.354 e. The Balaban J connectivity index is 2.49. The molecule has 0 heterocycles. The van der Waals surface area contributed by atoms with Crippen molar-refractivity contribution in [3.8, 4) is 0 Å². The summed E-state index contributed by atoms with van der Waals surface area (Å²) in [7, 11) is 0. The molecule has 0 saturated heterocycles. The number of hydrogen-bond donors (Lipinski definition) is 2. The van der Waals surface area contributed by atoms with Gasteiger partial charge in [-0.25, -0.2) is 0 Å². The lowest BCUT2D eigenvalue weighted by atomic mass is 10.1. The topological polar surface area (TPSA) is 101 Å². The number of nitrogens with zero attached hydrogens (tertiary/aromatic N) is 1. The minimum atomic E-state index is -0.609. The zero-order valence-corrected chi connectivity index (χ0v) is 12.1. The van der Waals surface area contributed by atoms with Crippen molar-refractivity contribution < 1.29 is 14.5 Å². The Morgan fingerprint density at radius 1 is 1.29 bits per heavy atom. The van der Waals surface area contributed by atoms with Crippen LogP contribution in [0.4, 0.5) is 5.69 Å². The molecule has 7 heteroatoms. The van der Waals surface area contributed by atoms with Gasteiger partial charge in [-0.15, -0.1) is 0 Å². The molecule has 0 bridgehead atoms. The molecule has 0 unspecified atom stereocenters. The largest absolute Gasteiger partial charge is 0.354 e. The first-order chi connectivity index (χ1) is 9.93. The summed E-state index contributed by atoms with van der Waals surface area (Å²) in [5.41, 5.74) is 0.630. The molecule has 7 nitrogen and oxygen atoms in total. The number of nitro groups is 1. The molecular weight excluding hydrogens is 274 g/mol. The molecule has 2 N–H and O–H groups in total. The van der Waals surface area contributed by atoms with Crippen molar-refractivity contribution in [3.05, 3.63) is 39.9 Å². The van der Waals surface area contributed by atoms with E-state index in [4.69, 9.17) is 0 Å². The van der Waals surface area contributed by atoms with Gasteiger partial charge in [-0.2, -0.15) is 0 Å². The Morgan fingerprint density at radius 2 is 1.90 bits per heavy atom. The maximum Gasteiger partial charge on any atom is 0.269 e. The highest BCUT2D eigenvalue weighted by Gasteiger charge is 2.15. The Labute approximate surface area is 122 Å². The highest BCUT2D eigenvalue weighted by atomic mass is 16.6. The third-order valence-electron chi connectivity index (χ3n) is 2.83. The molecule has 0 spiro atoms. The average molecular weight is 293 g/mol. The molecular formula is C14H19N3O4. The molecule has 0 aromatic heterocycles. The average Bonchev–Trinajstić information content (AvgIpc) is 2.45. The standard InChI is InChI=1S/C14H19N3O4/c1-3-8-15-14(19)10(2)16-13(18)9-11-4-6-12(7-5-11)17(20)21/h4-7,10H,3,8-9H2,1-2H3,(H,15,19)(H,16,18)/t10-/m0/s1. The van der Waals surface area contributed by atoms with Crippen molar-refractivity contribution in [2.24, 2.45) is 0 Å². The van der Waals surface area contributed by atoms with Crippen LogP contribution in [0.3, 0.4) is 0 Å².